The molecule has 0 bridgehead atoms. The Labute approximate surface area is 145 Å². The molecule has 0 aromatic rings. The first-order valence-electron chi connectivity index (χ1n) is 9.45. The van der Waals surface area contributed by atoms with E-state index in [1.807, 2.05) is 11.8 Å². The number of carbonyl (C=O) groups excluding carboxylic acids is 2. The SMILES string of the molecule is CCC(=O)N1CCN(C(C(=O)NCCCOC)C2CCCC2)CC1. The lowest BCUT2D eigenvalue weighted by molar-refractivity contribution is -0.135. The van der Waals surface area contributed by atoms with Crippen LogP contribution in [0.3, 0.4) is 0 Å². The molecule has 1 saturated heterocycles. The summed E-state index contributed by atoms with van der Waals surface area (Å²) in [5, 5.41) is 3.10. The highest BCUT2D eigenvalue weighted by Gasteiger charge is 2.36. The Morgan fingerprint density at radius 1 is 1.17 bits per heavy atom. The maximum Gasteiger partial charge on any atom is 0.237 e. The lowest BCUT2D eigenvalue weighted by Gasteiger charge is -2.40. The molecule has 6 nitrogen and oxygen atoms in total. The van der Waals surface area contributed by atoms with E-state index in [-0.39, 0.29) is 17.9 Å². The van der Waals surface area contributed by atoms with Gasteiger partial charge >= 0.3 is 0 Å². The normalized spacial score (nSPS) is 21.0. The number of amides is 2. The second-order valence-electron chi connectivity index (χ2n) is 6.90. The maximum atomic E-state index is 12.8. The predicted octanol–water partition coefficient (Wildman–Crippen LogP) is 1.25. The highest BCUT2D eigenvalue weighted by atomic mass is 16.5. The van der Waals surface area contributed by atoms with Gasteiger partial charge in [0.25, 0.3) is 0 Å². The average Bonchev–Trinajstić information content (AvgIpc) is 3.13. The molecule has 1 unspecified atom stereocenters. The number of methoxy groups -OCH3 is 1. The molecule has 0 aromatic carbocycles. The number of nitrogens with one attached hydrogen (secondary N) is 1. The standard InChI is InChI=1S/C18H33N3O3/c1-3-16(22)20-10-12-21(13-11-20)17(15-7-4-5-8-15)18(23)19-9-6-14-24-2/h15,17H,3-14H2,1-2H3,(H,19,23). The fourth-order valence-electron chi connectivity index (χ4n) is 3.96. The highest BCUT2D eigenvalue weighted by molar-refractivity contribution is 5.82. The summed E-state index contributed by atoms with van der Waals surface area (Å²) in [5.41, 5.74) is 0. The molecule has 0 radical (unpaired) electrons. The lowest BCUT2D eigenvalue weighted by Crippen LogP contribution is -2.58. The summed E-state index contributed by atoms with van der Waals surface area (Å²) in [6.07, 6.45) is 6.15. The third kappa shape index (κ3) is 5.18. The molecule has 2 amide bonds. The number of carbonyl (C=O) groups is 2. The van der Waals surface area contributed by atoms with Crippen LogP contribution in [0.15, 0.2) is 0 Å². The molecule has 0 spiro atoms. The van der Waals surface area contributed by atoms with E-state index < -0.39 is 0 Å². The van der Waals surface area contributed by atoms with E-state index >= 15 is 0 Å². The van der Waals surface area contributed by atoms with Gasteiger partial charge in [-0.1, -0.05) is 19.8 Å². The molecule has 2 aliphatic rings. The van der Waals surface area contributed by atoms with Gasteiger partial charge in [0.05, 0.1) is 6.04 Å². The van der Waals surface area contributed by atoms with Gasteiger partial charge in [0.1, 0.15) is 0 Å². The molecule has 1 aliphatic carbocycles. The Morgan fingerprint density at radius 3 is 2.42 bits per heavy atom. The van der Waals surface area contributed by atoms with Crippen molar-refractivity contribution in [2.45, 2.75) is 51.5 Å². The van der Waals surface area contributed by atoms with E-state index in [0.29, 0.717) is 25.5 Å². The fourth-order valence-corrected chi connectivity index (χ4v) is 3.96. The van der Waals surface area contributed by atoms with Crippen LogP contribution in [0.4, 0.5) is 0 Å². The summed E-state index contributed by atoms with van der Waals surface area (Å²) in [6, 6.07) is -0.0334. The van der Waals surface area contributed by atoms with Crippen LogP contribution in [0.5, 0.6) is 0 Å². The zero-order valence-electron chi connectivity index (χ0n) is 15.3. The van der Waals surface area contributed by atoms with Crippen molar-refractivity contribution in [3.05, 3.63) is 0 Å². The van der Waals surface area contributed by atoms with Gasteiger partial charge in [-0.15, -0.1) is 0 Å². The molecule has 1 heterocycles. The Hall–Kier alpha value is -1.14. The summed E-state index contributed by atoms with van der Waals surface area (Å²) < 4.78 is 5.05. The van der Waals surface area contributed by atoms with Gasteiger partial charge in [-0.3, -0.25) is 14.5 Å². The van der Waals surface area contributed by atoms with Crippen LogP contribution >= 0.6 is 0 Å². The molecule has 1 N–H and O–H groups in total. The molecule has 2 rings (SSSR count). The third-order valence-corrected chi connectivity index (χ3v) is 5.30. The molecule has 6 heteroatoms. The van der Waals surface area contributed by atoms with Crippen LogP contribution in [-0.4, -0.2) is 74.1 Å². The van der Waals surface area contributed by atoms with E-state index in [1.54, 1.807) is 7.11 Å². The third-order valence-electron chi connectivity index (χ3n) is 5.30. The fraction of sp³-hybridized carbons (Fsp3) is 0.889. The average molecular weight is 339 g/mol. The summed E-state index contributed by atoms with van der Waals surface area (Å²) in [6.45, 7) is 6.34. The van der Waals surface area contributed by atoms with Crippen molar-refractivity contribution in [3.8, 4) is 0 Å². The van der Waals surface area contributed by atoms with Crippen LogP contribution in [-0.2, 0) is 14.3 Å². The minimum atomic E-state index is -0.0334. The van der Waals surface area contributed by atoms with Gasteiger partial charge in [-0.2, -0.15) is 0 Å². The van der Waals surface area contributed by atoms with Gasteiger partial charge < -0.3 is 15.0 Å². The summed E-state index contributed by atoms with van der Waals surface area (Å²) in [5.74, 6) is 0.838. The molecular formula is C18H33N3O3. The Morgan fingerprint density at radius 2 is 1.83 bits per heavy atom. The van der Waals surface area contributed by atoms with Crippen LogP contribution in [0.1, 0.15) is 45.4 Å². The summed E-state index contributed by atoms with van der Waals surface area (Å²) in [7, 11) is 1.68. The molecule has 1 aliphatic heterocycles. The quantitative estimate of drug-likeness (QED) is 0.676. The Kier molecular flexibility index (Phi) is 7.99. The Balaban J connectivity index is 1.91. The van der Waals surface area contributed by atoms with Crippen molar-refractivity contribution >= 4 is 11.8 Å². The molecule has 1 saturated carbocycles. The summed E-state index contributed by atoms with van der Waals surface area (Å²) in [4.78, 5) is 28.9. The number of hydrogen-bond acceptors (Lipinski definition) is 4. The van der Waals surface area contributed by atoms with Crippen molar-refractivity contribution in [1.82, 2.24) is 15.1 Å². The molecule has 24 heavy (non-hydrogen) atoms. The van der Waals surface area contributed by atoms with Crippen molar-refractivity contribution in [3.63, 3.8) is 0 Å². The van der Waals surface area contributed by atoms with E-state index in [4.69, 9.17) is 4.74 Å². The van der Waals surface area contributed by atoms with Gasteiger partial charge in [-0.05, 0) is 25.2 Å². The minimum Gasteiger partial charge on any atom is -0.385 e. The monoisotopic (exact) mass is 339 g/mol. The van der Waals surface area contributed by atoms with Crippen LogP contribution < -0.4 is 5.32 Å². The first kappa shape index (κ1) is 19.2. The second-order valence-corrected chi connectivity index (χ2v) is 6.90. The molecular weight excluding hydrogens is 306 g/mol. The first-order chi connectivity index (χ1) is 11.7. The van der Waals surface area contributed by atoms with E-state index in [9.17, 15) is 9.59 Å². The number of piperazine rings is 1. The number of nitrogens with zero attached hydrogens (tertiary/aromatic N) is 2. The predicted molar refractivity (Wildman–Crippen MR) is 93.7 cm³/mol. The molecule has 1 atom stereocenters. The van der Waals surface area contributed by atoms with Crippen LogP contribution in [0.25, 0.3) is 0 Å². The minimum absolute atomic E-state index is 0.0334. The number of ether oxygens (including phenoxy) is 1. The second kappa shape index (κ2) is 9.99. The molecule has 2 fully saturated rings. The molecule has 138 valence electrons. The number of rotatable bonds is 8. The van der Waals surface area contributed by atoms with Gasteiger partial charge in [0, 0.05) is 52.9 Å². The van der Waals surface area contributed by atoms with Crippen molar-refractivity contribution < 1.29 is 14.3 Å². The molecule has 0 aromatic heterocycles. The van der Waals surface area contributed by atoms with E-state index in [2.05, 4.69) is 10.2 Å². The van der Waals surface area contributed by atoms with E-state index in [0.717, 1.165) is 45.4 Å². The first-order valence-corrected chi connectivity index (χ1v) is 9.45. The van der Waals surface area contributed by atoms with Crippen molar-refractivity contribution in [2.75, 3.05) is 46.4 Å². The van der Waals surface area contributed by atoms with Crippen LogP contribution in [0, 0.1) is 5.92 Å². The van der Waals surface area contributed by atoms with Gasteiger partial charge in [0.15, 0.2) is 0 Å². The topological polar surface area (TPSA) is 61.9 Å². The smallest absolute Gasteiger partial charge is 0.237 e. The largest absolute Gasteiger partial charge is 0.385 e. The Bertz CT molecular complexity index is 402. The van der Waals surface area contributed by atoms with Crippen LogP contribution in [0.2, 0.25) is 0 Å². The van der Waals surface area contributed by atoms with Gasteiger partial charge in [0.2, 0.25) is 11.8 Å². The van der Waals surface area contributed by atoms with Crippen molar-refractivity contribution in [2.24, 2.45) is 5.92 Å². The maximum absolute atomic E-state index is 12.8. The lowest BCUT2D eigenvalue weighted by atomic mass is 9.95. The number of hydrogen-bond donors (Lipinski definition) is 1. The van der Waals surface area contributed by atoms with Gasteiger partial charge in [-0.25, -0.2) is 0 Å². The zero-order chi connectivity index (χ0) is 17.4. The zero-order valence-corrected chi connectivity index (χ0v) is 15.3. The van der Waals surface area contributed by atoms with E-state index in [1.165, 1.54) is 12.8 Å². The summed E-state index contributed by atoms with van der Waals surface area (Å²) >= 11 is 0. The van der Waals surface area contributed by atoms with Crippen molar-refractivity contribution in [1.29, 1.82) is 0 Å². The highest BCUT2D eigenvalue weighted by Crippen LogP contribution is 2.31.